The lowest BCUT2D eigenvalue weighted by Crippen LogP contribution is -2.10. The molecule has 2 aromatic rings. The van der Waals surface area contributed by atoms with E-state index in [1.54, 1.807) is 31.4 Å². The van der Waals surface area contributed by atoms with Gasteiger partial charge < -0.3 is 15.2 Å². The summed E-state index contributed by atoms with van der Waals surface area (Å²) in [7, 11) is 1.63. The van der Waals surface area contributed by atoms with Gasteiger partial charge in [-0.25, -0.2) is 0 Å². The third kappa shape index (κ3) is 3.51. The summed E-state index contributed by atoms with van der Waals surface area (Å²) >= 11 is 3.43. The third-order valence-corrected chi connectivity index (χ3v) is 3.30. The van der Waals surface area contributed by atoms with Crippen LogP contribution in [0.4, 0.5) is 0 Å². The molecule has 0 aromatic heterocycles. The van der Waals surface area contributed by atoms with Crippen LogP contribution in [0.3, 0.4) is 0 Å². The first kappa shape index (κ1) is 14.4. The van der Waals surface area contributed by atoms with Gasteiger partial charge >= 0.3 is 0 Å². The zero-order valence-electron chi connectivity index (χ0n) is 11.0. The Kier molecular flexibility index (Phi) is 4.63. The van der Waals surface area contributed by atoms with Crippen LogP contribution >= 0.6 is 15.9 Å². The van der Waals surface area contributed by atoms with Crippen LogP contribution in [0.25, 0.3) is 0 Å². The van der Waals surface area contributed by atoms with Gasteiger partial charge in [0.15, 0.2) is 0 Å². The summed E-state index contributed by atoms with van der Waals surface area (Å²) in [4.78, 5) is 0. The molecule has 0 saturated carbocycles. The number of benzene rings is 2. The van der Waals surface area contributed by atoms with Gasteiger partial charge in [-0.05, 0) is 42.5 Å². The number of nitrogen functional groups attached to an aromatic ring is 1. The number of amidine groups is 1. The molecule has 5 heteroatoms. The minimum atomic E-state index is 0.0465. The second-order valence-electron chi connectivity index (χ2n) is 4.18. The van der Waals surface area contributed by atoms with Crippen molar-refractivity contribution in [1.29, 1.82) is 5.41 Å². The second-order valence-corrected chi connectivity index (χ2v) is 5.10. The topological polar surface area (TPSA) is 68.3 Å². The second kappa shape index (κ2) is 6.43. The molecule has 20 heavy (non-hydrogen) atoms. The van der Waals surface area contributed by atoms with E-state index in [0.29, 0.717) is 12.2 Å². The van der Waals surface area contributed by atoms with Crippen LogP contribution in [0.5, 0.6) is 11.5 Å². The van der Waals surface area contributed by atoms with Gasteiger partial charge in [0.2, 0.25) is 0 Å². The Bertz CT molecular complexity index is 612. The number of halogens is 1. The first-order valence-electron chi connectivity index (χ1n) is 6.00. The Balaban J connectivity index is 2.08. The van der Waals surface area contributed by atoms with E-state index in [4.69, 9.17) is 20.6 Å². The molecule has 0 aliphatic rings. The number of nitrogens with one attached hydrogen (secondary N) is 1. The lowest BCUT2D eigenvalue weighted by Gasteiger charge is -2.11. The van der Waals surface area contributed by atoms with Crippen LogP contribution in [0.1, 0.15) is 11.1 Å². The standard InChI is InChI=1S/C15H15BrN2O2/c1-19-14-7-4-12(16)8-11(14)9-20-13-5-2-10(3-6-13)15(17)18/h2-8H,9H2,1H3,(H3,17,18). The van der Waals surface area contributed by atoms with Crippen molar-refractivity contribution < 1.29 is 9.47 Å². The van der Waals surface area contributed by atoms with Crippen LogP contribution in [0.15, 0.2) is 46.9 Å². The zero-order valence-corrected chi connectivity index (χ0v) is 12.6. The van der Waals surface area contributed by atoms with Crippen LogP contribution in [-0.4, -0.2) is 12.9 Å². The summed E-state index contributed by atoms with van der Waals surface area (Å²) in [6, 6.07) is 12.9. The van der Waals surface area contributed by atoms with Crippen molar-refractivity contribution in [3.05, 3.63) is 58.1 Å². The van der Waals surface area contributed by atoms with Crippen molar-refractivity contribution in [2.45, 2.75) is 6.61 Å². The van der Waals surface area contributed by atoms with E-state index in [1.165, 1.54) is 0 Å². The molecular weight excluding hydrogens is 320 g/mol. The molecule has 0 spiro atoms. The molecule has 104 valence electrons. The Morgan fingerprint density at radius 2 is 1.90 bits per heavy atom. The van der Waals surface area contributed by atoms with Crippen LogP contribution in [-0.2, 0) is 6.61 Å². The molecule has 0 atom stereocenters. The highest BCUT2D eigenvalue weighted by Crippen LogP contribution is 2.24. The summed E-state index contributed by atoms with van der Waals surface area (Å²) in [6.07, 6.45) is 0. The van der Waals surface area contributed by atoms with Crippen molar-refractivity contribution in [2.24, 2.45) is 5.73 Å². The Morgan fingerprint density at radius 3 is 2.50 bits per heavy atom. The van der Waals surface area contributed by atoms with E-state index in [0.717, 1.165) is 21.5 Å². The average Bonchev–Trinajstić information content (AvgIpc) is 2.45. The fraction of sp³-hybridized carbons (Fsp3) is 0.133. The Morgan fingerprint density at radius 1 is 1.20 bits per heavy atom. The summed E-state index contributed by atoms with van der Waals surface area (Å²) in [5.41, 5.74) is 7.04. The van der Waals surface area contributed by atoms with Crippen LogP contribution in [0.2, 0.25) is 0 Å². The number of rotatable bonds is 5. The Hall–Kier alpha value is -2.01. The fourth-order valence-electron chi connectivity index (χ4n) is 1.75. The van der Waals surface area contributed by atoms with Crippen molar-refractivity contribution >= 4 is 21.8 Å². The third-order valence-electron chi connectivity index (χ3n) is 2.80. The number of hydrogen-bond donors (Lipinski definition) is 2. The zero-order chi connectivity index (χ0) is 14.5. The number of nitrogens with two attached hydrogens (primary N) is 1. The van der Waals surface area contributed by atoms with Gasteiger partial charge in [0.05, 0.1) is 7.11 Å². The van der Waals surface area contributed by atoms with Gasteiger partial charge in [0.1, 0.15) is 23.9 Å². The van der Waals surface area contributed by atoms with E-state index in [9.17, 15) is 0 Å². The molecule has 3 N–H and O–H groups in total. The molecule has 0 aliphatic heterocycles. The summed E-state index contributed by atoms with van der Waals surface area (Å²) in [5, 5.41) is 7.33. The average molecular weight is 335 g/mol. The number of hydrogen-bond acceptors (Lipinski definition) is 3. The predicted molar refractivity (Wildman–Crippen MR) is 82.5 cm³/mol. The highest BCUT2D eigenvalue weighted by atomic mass is 79.9. The minimum Gasteiger partial charge on any atom is -0.496 e. The lowest BCUT2D eigenvalue weighted by molar-refractivity contribution is 0.296. The molecule has 0 fully saturated rings. The maximum absolute atomic E-state index is 7.33. The molecule has 0 radical (unpaired) electrons. The van der Waals surface area contributed by atoms with E-state index in [-0.39, 0.29) is 5.84 Å². The quantitative estimate of drug-likeness (QED) is 0.651. The van der Waals surface area contributed by atoms with E-state index < -0.39 is 0 Å². The molecule has 0 saturated heterocycles. The van der Waals surface area contributed by atoms with E-state index in [1.807, 2.05) is 18.2 Å². The molecule has 2 aromatic carbocycles. The molecule has 0 heterocycles. The van der Waals surface area contributed by atoms with Gasteiger partial charge in [0.25, 0.3) is 0 Å². The minimum absolute atomic E-state index is 0.0465. The smallest absolute Gasteiger partial charge is 0.125 e. The van der Waals surface area contributed by atoms with Crippen molar-refractivity contribution in [1.82, 2.24) is 0 Å². The maximum Gasteiger partial charge on any atom is 0.125 e. The van der Waals surface area contributed by atoms with Gasteiger partial charge in [-0.3, -0.25) is 5.41 Å². The highest BCUT2D eigenvalue weighted by Gasteiger charge is 2.05. The largest absolute Gasteiger partial charge is 0.496 e. The maximum atomic E-state index is 7.33. The Labute approximate surface area is 126 Å². The van der Waals surface area contributed by atoms with E-state index in [2.05, 4.69) is 15.9 Å². The number of ether oxygens (including phenoxy) is 2. The summed E-state index contributed by atoms with van der Waals surface area (Å²) in [6.45, 7) is 0.405. The van der Waals surface area contributed by atoms with Crippen molar-refractivity contribution in [3.63, 3.8) is 0 Å². The molecule has 4 nitrogen and oxygen atoms in total. The van der Waals surface area contributed by atoms with Crippen molar-refractivity contribution in [2.75, 3.05) is 7.11 Å². The van der Waals surface area contributed by atoms with Crippen LogP contribution < -0.4 is 15.2 Å². The molecule has 0 aliphatic carbocycles. The van der Waals surface area contributed by atoms with Gasteiger partial charge in [-0.1, -0.05) is 15.9 Å². The van der Waals surface area contributed by atoms with E-state index >= 15 is 0 Å². The molecular formula is C15H15BrN2O2. The molecule has 0 unspecified atom stereocenters. The van der Waals surface area contributed by atoms with Gasteiger partial charge in [0, 0.05) is 15.6 Å². The molecule has 0 bridgehead atoms. The lowest BCUT2D eigenvalue weighted by atomic mass is 10.2. The van der Waals surface area contributed by atoms with Gasteiger partial charge in [-0.2, -0.15) is 0 Å². The number of methoxy groups -OCH3 is 1. The summed E-state index contributed by atoms with van der Waals surface area (Å²) < 4.78 is 12.0. The monoisotopic (exact) mass is 334 g/mol. The summed E-state index contributed by atoms with van der Waals surface area (Å²) in [5.74, 6) is 1.55. The van der Waals surface area contributed by atoms with Crippen molar-refractivity contribution in [3.8, 4) is 11.5 Å². The normalized spacial score (nSPS) is 10.1. The highest BCUT2D eigenvalue weighted by molar-refractivity contribution is 9.10. The van der Waals surface area contributed by atoms with Gasteiger partial charge in [-0.15, -0.1) is 0 Å². The first-order chi connectivity index (χ1) is 9.60. The predicted octanol–water partition coefficient (Wildman–Crippen LogP) is 3.32. The first-order valence-corrected chi connectivity index (χ1v) is 6.79. The molecule has 2 rings (SSSR count). The molecule has 0 amide bonds. The van der Waals surface area contributed by atoms with Crippen LogP contribution in [0, 0.1) is 5.41 Å². The SMILES string of the molecule is COc1ccc(Br)cc1COc1ccc(C(=N)N)cc1. The fourth-order valence-corrected chi connectivity index (χ4v) is 2.16.